The molecule has 184 valence electrons. The second-order valence-corrected chi connectivity index (χ2v) is 12.9. The fraction of sp³-hybridized carbons (Fsp3) is 0.688. The molecular formula is C16H24ClN5O9P2. The van der Waals surface area contributed by atoms with Crippen molar-refractivity contribution in [3.63, 3.8) is 0 Å². The lowest BCUT2D eigenvalue weighted by atomic mass is 10.2. The number of aliphatic hydroxyl groups excluding tert-OH is 2. The molecular weight excluding hydrogens is 504 g/mol. The normalized spacial score (nSPS) is 28.4. The summed E-state index contributed by atoms with van der Waals surface area (Å²) in [5.41, 5.74) is 0.224. The van der Waals surface area contributed by atoms with Gasteiger partial charge in [-0.2, -0.15) is 15.1 Å². The summed E-state index contributed by atoms with van der Waals surface area (Å²) in [6, 6.07) is 0.234. The van der Waals surface area contributed by atoms with Crippen molar-refractivity contribution in [3.05, 3.63) is 11.5 Å². The molecule has 2 aliphatic rings. The maximum Gasteiger partial charge on any atom is 0.335 e. The van der Waals surface area contributed by atoms with Gasteiger partial charge in [0.2, 0.25) is 12.7 Å². The molecule has 33 heavy (non-hydrogen) atoms. The topological polar surface area (TPSA) is 209 Å². The number of hydrogen-bond acceptors (Lipinski definition) is 10. The van der Waals surface area contributed by atoms with Crippen molar-refractivity contribution in [2.24, 2.45) is 0 Å². The second kappa shape index (κ2) is 9.46. The predicted octanol–water partition coefficient (Wildman–Crippen LogP) is 0.791. The van der Waals surface area contributed by atoms with Gasteiger partial charge in [-0.1, -0.05) is 12.8 Å². The van der Waals surface area contributed by atoms with Gasteiger partial charge in [-0.25, -0.2) is 4.68 Å². The first-order chi connectivity index (χ1) is 15.4. The number of hydrogen-bond donors (Lipinski definition) is 6. The van der Waals surface area contributed by atoms with Gasteiger partial charge < -0.3 is 39.7 Å². The van der Waals surface area contributed by atoms with E-state index in [1.807, 2.05) is 0 Å². The summed E-state index contributed by atoms with van der Waals surface area (Å²) in [6.07, 6.45) is -1.39. The Morgan fingerprint density at radius 1 is 1.18 bits per heavy atom. The number of aliphatic hydroxyl groups is 2. The van der Waals surface area contributed by atoms with Crippen LogP contribution in [0.25, 0.3) is 11.0 Å². The maximum absolute atomic E-state index is 12.0. The monoisotopic (exact) mass is 527 g/mol. The predicted molar refractivity (Wildman–Crippen MR) is 115 cm³/mol. The summed E-state index contributed by atoms with van der Waals surface area (Å²) >= 11 is 6.09. The van der Waals surface area contributed by atoms with E-state index < -0.39 is 51.9 Å². The first-order valence-electron chi connectivity index (χ1n) is 10.1. The van der Waals surface area contributed by atoms with E-state index in [1.165, 1.54) is 10.9 Å². The SMILES string of the molecule is O=P(O)(O)CP(=O)(O)CO[C@H]1O[C@@H](n2ncc3c(NC4CCCC4)nc(Cl)nc32)[C@H](O)[C@@H]1O. The lowest BCUT2D eigenvalue weighted by Gasteiger charge is -2.18. The molecule has 3 heterocycles. The van der Waals surface area contributed by atoms with Crippen LogP contribution in [-0.4, -0.2) is 81.4 Å². The molecule has 17 heteroatoms. The van der Waals surface area contributed by atoms with Crippen molar-refractivity contribution < 1.29 is 43.5 Å². The van der Waals surface area contributed by atoms with Gasteiger partial charge in [0.05, 0.1) is 11.6 Å². The van der Waals surface area contributed by atoms with Crippen LogP contribution < -0.4 is 5.32 Å². The Bertz CT molecular complexity index is 1110. The first-order valence-corrected chi connectivity index (χ1v) is 14.3. The van der Waals surface area contributed by atoms with Crippen molar-refractivity contribution in [1.29, 1.82) is 0 Å². The van der Waals surface area contributed by atoms with Gasteiger partial charge in [-0.15, -0.1) is 0 Å². The summed E-state index contributed by atoms with van der Waals surface area (Å²) in [5.74, 6) is -0.812. The molecule has 2 aromatic heterocycles. The van der Waals surface area contributed by atoms with Crippen molar-refractivity contribution in [3.8, 4) is 0 Å². The molecule has 4 rings (SSSR count). The molecule has 2 fully saturated rings. The third-order valence-electron chi connectivity index (χ3n) is 5.40. The molecule has 1 saturated heterocycles. The second-order valence-electron chi connectivity index (χ2n) is 8.12. The number of fused-ring (bicyclic) bond motifs is 1. The summed E-state index contributed by atoms with van der Waals surface area (Å²) in [5, 5.41) is 28.7. The van der Waals surface area contributed by atoms with E-state index in [2.05, 4.69) is 20.4 Å². The van der Waals surface area contributed by atoms with Gasteiger partial charge in [0.15, 0.2) is 18.2 Å². The molecule has 2 aromatic rings. The van der Waals surface area contributed by atoms with Gasteiger partial charge in [-0.05, 0) is 24.4 Å². The highest BCUT2D eigenvalue weighted by molar-refractivity contribution is 7.72. The average molecular weight is 528 g/mol. The summed E-state index contributed by atoms with van der Waals surface area (Å²) < 4.78 is 34.7. The Morgan fingerprint density at radius 2 is 1.88 bits per heavy atom. The molecule has 1 unspecified atom stereocenters. The number of anilines is 1. The van der Waals surface area contributed by atoms with E-state index in [9.17, 15) is 24.2 Å². The zero-order valence-electron chi connectivity index (χ0n) is 17.1. The van der Waals surface area contributed by atoms with Crippen LogP contribution in [0.5, 0.6) is 0 Å². The first kappa shape index (κ1) is 24.9. The number of nitrogens with one attached hydrogen (secondary N) is 1. The van der Waals surface area contributed by atoms with E-state index in [0.29, 0.717) is 11.2 Å². The zero-order chi connectivity index (χ0) is 24.0. The van der Waals surface area contributed by atoms with Gasteiger partial charge in [-0.3, -0.25) is 9.13 Å². The third kappa shape index (κ3) is 5.73. The lowest BCUT2D eigenvalue weighted by molar-refractivity contribution is -0.168. The van der Waals surface area contributed by atoms with E-state index in [-0.39, 0.29) is 17.0 Å². The Labute approximate surface area is 192 Å². The number of halogens is 1. The molecule has 6 N–H and O–H groups in total. The number of aromatic nitrogens is 4. The number of nitrogens with zero attached hydrogens (tertiary/aromatic N) is 4. The van der Waals surface area contributed by atoms with E-state index in [4.69, 9.17) is 30.9 Å². The molecule has 1 saturated carbocycles. The van der Waals surface area contributed by atoms with Crippen molar-refractivity contribution in [2.75, 3.05) is 17.6 Å². The zero-order valence-corrected chi connectivity index (χ0v) is 19.7. The van der Waals surface area contributed by atoms with Crippen molar-refractivity contribution in [2.45, 2.75) is 56.5 Å². The van der Waals surface area contributed by atoms with Crippen LogP contribution in [0, 0.1) is 0 Å². The lowest BCUT2D eigenvalue weighted by Crippen LogP contribution is -2.33. The molecule has 1 aliphatic carbocycles. The van der Waals surface area contributed by atoms with Crippen molar-refractivity contribution in [1.82, 2.24) is 19.7 Å². The summed E-state index contributed by atoms with van der Waals surface area (Å²) in [4.78, 5) is 35.9. The molecule has 14 nitrogen and oxygen atoms in total. The van der Waals surface area contributed by atoms with Gasteiger partial charge in [0.1, 0.15) is 30.3 Å². The highest BCUT2D eigenvalue weighted by Gasteiger charge is 2.46. The van der Waals surface area contributed by atoms with Crippen LogP contribution in [0.1, 0.15) is 31.9 Å². The molecule has 0 aromatic carbocycles. The minimum absolute atomic E-state index is 0.0655. The average Bonchev–Trinajstić information content (AvgIpc) is 3.40. The number of ether oxygens (including phenoxy) is 2. The largest absolute Gasteiger partial charge is 0.385 e. The molecule has 5 atom stereocenters. The van der Waals surface area contributed by atoms with Gasteiger partial charge in [0, 0.05) is 6.04 Å². The minimum atomic E-state index is -4.77. The smallest absolute Gasteiger partial charge is 0.335 e. The van der Waals surface area contributed by atoms with Crippen LogP contribution in [0.4, 0.5) is 5.82 Å². The molecule has 0 amide bonds. The quantitative estimate of drug-likeness (QED) is 0.207. The third-order valence-corrected chi connectivity index (χ3v) is 9.37. The fourth-order valence-corrected chi connectivity index (χ4v) is 7.12. The standard InChI is InChI=1S/C16H24ClN5O9P2/c17-16-20-12(19-8-3-1-2-4-8)9-5-18-22(13(9)21-16)14-10(23)11(24)15(31-14)30-6-32(25,26)7-33(27,28)29/h5,8,10-11,14-15,23-24H,1-4,6-7H2,(H,25,26)(H,19,20,21)(H2,27,28,29)/t10-,11+,14-,15+/m1/s1. The maximum atomic E-state index is 12.0. The van der Waals surface area contributed by atoms with E-state index >= 15 is 0 Å². The van der Waals surface area contributed by atoms with E-state index in [0.717, 1.165) is 25.7 Å². The summed E-state index contributed by atoms with van der Waals surface area (Å²) in [6.45, 7) is 0. The molecule has 1 aliphatic heterocycles. The Balaban J connectivity index is 1.53. The highest BCUT2D eigenvalue weighted by atomic mass is 35.5. The van der Waals surface area contributed by atoms with Gasteiger partial charge >= 0.3 is 7.60 Å². The fourth-order valence-electron chi connectivity index (χ4n) is 3.95. The molecule has 0 spiro atoms. The Morgan fingerprint density at radius 3 is 2.55 bits per heavy atom. The van der Waals surface area contributed by atoms with Crippen LogP contribution in [-0.2, 0) is 18.6 Å². The molecule has 0 bridgehead atoms. The van der Waals surface area contributed by atoms with Crippen LogP contribution in [0.15, 0.2) is 6.20 Å². The number of rotatable bonds is 8. The molecule has 0 radical (unpaired) electrons. The van der Waals surface area contributed by atoms with E-state index in [1.54, 1.807) is 0 Å². The van der Waals surface area contributed by atoms with Crippen LogP contribution in [0.3, 0.4) is 0 Å². The van der Waals surface area contributed by atoms with Crippen molar-refractivity contribution >= 4 is 43.4 Å². The Hall–Kier alpha value is -1.18. The highest BCUT2D eigenvalue weighted by Crippen LogP contribution is 2.54. The van der Waals surface area contributed by atoms with Gasteiger partial charge in [0.25, 0.3) is 0 Å². The van der Waals surface area contributed by atoms with Crippen LogP contribution in [0.2, 0.25) is 5.28 Å². The Kier molecular flexibility index (Phi) is 7.15. The summed E-state index contributed by atoms with van der Waals surface area (Å²) in [7, 11) is -9.15. The van der Waals surface area contributed by atoms with Crippen LogP contribution >= 0.6 is 26.6 Å². The minimum Gasteiger partial charge on any atom is -0.385 e.